The summed E-state index contributed by atoms with van der Waals surface area (Å²) in [5.74, 6) is 3.02. The van der Waals surface area contributed by atoms with Crippen LogP contribution in [0.5, 0.6) is 11.6 Å². The average molecular weight is 521 g/mol. The summed E-state index contributed by atoms with van der Waals surface area (Å²) in [7, 11) is 0. The van der Waals surface area contributed by atoms with Crippen molar-refractivity contribution in [2.24, 2.45) is 5.92 Å². The number of aliphatic hydroxyl groups excluding tert-OH is 1. The molecule has 0 radical (unpaired) electrons. The van der Waals surface area contributed by atoms with Gasteiger partial charge in [-0.3, -0.25) is 0 Å². The number of ether oxygens (including phenoxy) is 1. The molecule has 5 aromatic rings. The summed E-state index contributed by atoms with van der Waals surface area (Å²) < 4.78 is 6.09. The van der Waals surface area contributed by atoms with E-state index in [-0.39, 0.29) is 18.5 Å². The Hall–Kier alpha value is -4.83. The molecule has 4 N–H and O–H groups in total. The molecule has 1 aliphatic rings. The highest BCUT2D eigenvalue weighted by atomic mass is 16.5. The van der Waals surface area contributed by atoms with Crippen LogP contribution in [0.15, 0.2) is 79.1 Å². The van der Waals surface area contributed by atoms with E-state index in [1.807, 2.05) is 54.6 Å². The van der Waals surface area contributed by atoms with Gasteiger partial charge in [0.1, 0.15) is 5.75 Å². The lowest BCUT2D eigenvalue weighted by atomic mass is 9.98. The summed E-state index contributed by atoms with van der Waals surface area (Å²) in [6, 6.07) is 21.1. The molecule has 1 saturated heterocycles. The molecule has 1 unspecified atom stereocenters. The quantitative estimate of drug-likeness (QED) is 0.274. The summed E-state index contributed by atoms with van der Waals surface area (Å²) in [6.07, 6.45) is 5.34. The summed E-state index contributed by atoms with van der Waals surface area (Å²) in [6.45, 7) is 1.89. The minimum atomic E-state index is 0.187. The first-order chi connectivity index (χ1) is 19.2. The first-order valence-electron chi connectivity index (χ1n) is 12.9. The zero-order chi connectivity index (χ0) is 26.6. The van der Waals surface area contributed by atoms with Crippen molar-refractivity contribution in [2.75, 3.05) is 35.6 Å². The predicted molar refractivity (Wildman–Crippen MR) is 151 cm³/mol. The number of nitrogen functional groups attached to an aromatic ring is 1. The molecule has 1 atom stereocenters. The van der Waals surface area contributed by atoms with Crippen molar-refractivity contribution in [3.8, 4) is 22.9 Å². The summed E-state index contributed by atoms with van der Waals surface area (Å²) in [4.78, 5) is 14.9. The van der Waals surface area contributed by atoms with Crippen LogP contribution in [0.3, 0.4) is 0 Å². The van der Waals surface area contributed by atoms with E-state index in [2.05, 4.69) is 41.4 Å². The lowest BCUT2D eigenvalue weighted by Crippen LogP contribution is -2.37. The number of benzene rings is 2. The SMILES string of the molecule is Nc1nccc(-c2cccnc2Oc2ccc(Nc3nnc(N4CCCC(CO)C4)c4ccccc34)cc2)n1. The van der Waals surface area contributed by atoms with E-state index in [9.17, 15) is 5.11 Å². The molecule has 10 heteroatoms. The molecule has 6 rings (SSSR count). The van der Waals surface area contributed by atoms with Crippen molar-refractivity contribution in [2.45, 2.75) is 12.8 Å². The minimum absolute atomic E-state index is 0.187. The molecule has 2 aromatic carbocycles. The molecule has 39 heavy (non-hydrogen) atoms. The Labute approximate surface area is 225 Å². The zero-order valence-electron chi connectivity index (χ0n) is 21.2. The van der Waals surface area contributed by atoms with Gasteiger partial charge in [-0.15, -0.1) is 10.2 Å². The second-order valence-electron chi connectivity index (χ2n) is 9.46. The minimum Gasteiger partial charge on any atom is -0.438 e. The third-order valence-corrected chi connectivity index (χ3v) is 6.80. The summed E-state index contributed by atoms with van der Waals surface area (Å²) >= 11 is 0. The van der Waals surface area contributed by atoms with Gasteiger partial charge in [0.15, 0.2) is 11.6 Å². The van der Waals surface area contributed by atoms with Crippen LogP contribution in [0.1, 0.15) is 12.8 Å². The van der Waals surface area contributed by atoms with E-state index in [1.165, 1.54) is 0 Å². The van der Waals surface area contributed by atoms with E-state index >= 15 is 0 Å². The van der Waals surface area contributed by atoms with E-state index < -0.39 is 0 Å². The molecule has 0 aliphatic carbocycles. The third-order valence-electron chi connectivity index (χ3n) is 6.80. The number of aliphatic hydroxyl groups is 1. The number of anilines is 4. The summed E-state index contributed by atoms with van der Waals surface area (Å²) in [5, 5.41) is 24.2. The topological polar surface area (TPSA) is 135 Å². The molecule has 0 bridgehead atoms. The van der Waals surface area contributed by atoms with Gasteiger partial charge in [0, 0.05) is 48.5 Å². The standard InChI is InChI=1S/C29H28N8O2/c30-29-32-15-13-25(34-29)24-8-3-14-31-28(24)39-21-11-9-20(10-12-21)33-26-22-6-1-2-7-23(22)27(36-35-26)37-16-4-5-19(17-37)18-38/h1-3,6-15,19,38H,4-5,16-18H2,(H,33,35)(H2,30,32,34). The number of piperidine rings is 1. The second kappa shape index (κ2) is 10.9. The molecular weight excluding hydrogens is 492 g/mol. The number of fused-ring (bicyclic) bond motifs is 1. The van der Waals surface area contributed by atoms with E-state index in [4.69, 9.17) is 10.5 Å². The molecule has 10 nitrogen and oxygen atoms in total. The highest BCUT2D eigenvalue weighted by molar-refractivity contribution is 5.99. The van der Waals surface area contributed by atoms with Crippen LogP contribution in [0, 0.1) is 5.92 Å². The number of rotatable bonds is 7. The largest absolute Gasteiger partial charge is 0.438 e. The highest BCUT2D eigenvalue weighted by Gasteiger charge is 2.23. The predicted octanol–water partition coefficient (Wildman–Crippen LogP) is 4.81. The van der Waals surface area contributed by atoms with Crippen molar-refractivity contribution in [1.82, 2.24) is 25.1 Å². The number of nitrogens with one attached hydrogen (secondary N) is 1. The van der Waals surface area contributed by atoms with Crippen molar-refractivity contribution in [3.63, 3.8) is 0 Å². The van der Waals surface area contributed by atoms with Gasteiger partial charge in [0.2, 0.25) is 11.8 Å². The van der Waals surface area contributed by atoms with Crippen molar-refractivity contribution in [3.05, 3.63) is 79.1 Å². The highest BCUT2D eigenvalue weighted by Crippen LogP contribution is 2.34. The Morgan fingerprint density at radius 1 is 0.949 bits per heavy atom. The smallest absolute Gasteiger partial charge is 0.228 e. The Kier molecular flexibility index (Phi) is 6.84. The van der Waals surface area contributed by atoms with Crippen LogP contribution >= 0.6 is 0 Å². The summed E-state index contributed by atoms with van der Waals surface area (Å²) in [5.41, 5.74) is 7.96. The van der Waals surface area contributed by atoms with Crippen LogP contribution in [-0.2, 0) is 0 Å². The Balaban J connectivity index is 1.22. The van der Waals surface area contributed by atoms with Crippen molar-refractivity contribution < 1.29 is 9.84 Å². The lowest BCUT2D eigenvalue weighted by Gasteiger charge is -2.33. The van der Waals surface area contributed by atoms with Crippen LogP contribution in [-0.4, -0.2) is 50.0 Å². The molecule has 0 amide bonds. The lowest BCUT2D eigenvalue weighted by molar-refractivity contribution is 0.208. The molecule has 0 saturated carbocycles. The Bertz CT molecular complexity index is 1590. The van der Waals surface area contributed by atoms with Gasteiger partial charge in [-0.05, 0) is 61.2 Å². The van der Waals surface area contributed by atoms with E-state index in [0.717, 1.165) is 53.8 Å². The van der Waals surface area contributed by atoms with Gasteiger partial charge in [0.25, 0.3) is 0 Å². The maximum Gasteiger partial charge on any atom is 0.228 e. The number of aromatic nitrogens is 5. The maximum absolute atomic E-state index is 9.66. The van der Waals surface area contributed by atoms with Gasteiger partial charge in [0.05, 0.1) is 11.3 Å². The van der Waals surface area contributed by atoms with Gasteiger partial charge in [-0.1, -0.05) is 24.3 Å². The molecule has 0 spiro atoms. The fourth-order valence-electron chi connectivity index (χ4n) is 4.87. The monoisotopic (exact) mass is 520 g/mol. The van der Waals surface area contributed by atoms with Crippen LogP contribution in [0.4, 0.5) is 23.3 Å². The first-order valence-corrected chi connectivity index (χ1v) is 12.9. The normalized spacial score (nSPS) is 15.3. The number of nitrogens with two attached hydrogens (primary N) is 1. The fraction of sp³-hybridized carbons (Fsp3) is 0.207. The molecule has 1 fully saturated rings. The van der Waals surface area contributed by atoms with Crippen molar-refractivity contribution >= 4 is 34.0 Å². The maximum atomic E-state index is 9.66. The first kappa shape index (κ1) is 24.5. The van der Waals surface area contributed by atoms with Crippen LogP contribution < -0.4 is 20.7 Å². The number of nitrogens with zero attached hydrogens (tertiary/aromatic N) is 6. The van der Waals surface area contributed by atoms with Gasteiger partial charge >= 0.3 is 0 Å². The fourth-order valence-corrected chi connectivity index (χ4v) is 4.87. The second-order valence-corrected chi connectivity index (χ2v) is 9.46. The van der Waals surface area contributed by atoms with Gasteiger partial charge in [-0.2, -0.15) is 0 Å². The number of hydrogen-bond donors (Lipinski definition) is 3. The molecule has 4 heterocycles. The van der Waals surface area contributed by atoms with E-state index in [0.29, 0.717) is 23.1 Å². The van der Waals surface area contributed by atoms with Crippen LogP contribution in [0.2, 0.25) is 0 Å². The van der Waals surface area contributed by atoms with Crippen LogP contribution in [0.25, 0.3) is 22.0 Å². The van der Waals surface area contributed by atoms with E-state index in [1.54, 1.807) is 18.5 Å². The zero-order valence-corrected chi connectivity index (χ0v) is 21.2. The molecule has 1 aliphatic heterocycles. The Morgan fingerprint density at radius 3 is 2.62 bits per heavy atom. The van der Waals surface area contributed by atoms with Gasteiger partial charge in [-0.25, -0.2) is 15.0 Å². The molecule has 3 aromatic heterocycles. The number of pyridine rings is 1. The Morgan fingerprint density at radius 2 is 1.79 bits per heavy atom. The van der Waals surface area contributed by atoms with Crippen molar-refractivity contribution in [1.29, 1.82) is 0 Å². The molecular formula is C29H28N8O2. The third kappa shape index (κ3) is 5.27. The average Bonchev–Trinajstić information content (AvgIpc) is 2.98. The number of hydrogen-bond acceptors (Lipinski definition) is 10. The van der Waals surface area contributed by atoms with Gasteiger partial charge < -0.3 is 25.8 Å². The molecule has 196 valence electrons.